The van der Waals surface area contributed by atoms with E-state index in [1.165, 1.54) is 0 Å². The zero-order chi connectivity index (χ0) is 10.0. The zero-order valence-electron chi connectivity index (χ0n) is 7.37. The van der Waals surface area contributed by atoms with E-state index in [-0.39, 0.29) is 0 Å². The highest BCUT2D eigenvalue weighted by Crippen LogP contribution is 2.24. The van der Waals surface area contributed by atoms with Crippen LogP contribution in [0.5, 0.6) is 0 Å². The molecule has 0 saturated carbocycles. The maximum Gasteiger partial charge on any atom is 0.0705 e. The zero-order valence-corrected chi connectivity index (χ0v) is 8.95. The number of hydrogen-bond donors (Lipinski definition) is 3. The summed E-state index contributed by atoms with van der Waals surface area (Å²) in [7, 11) is 0. The molecule has 1 rings (SSSR count). The van der Waals surface area contributed by atoms with E-state index in [2.05, 4.69) is 15.9 Å². The molecular formula is C9H13BrN2O. The molecule has 0 aliphatic heterocycles. The summed E-state index contributed by atoms with van der Waals surface area (Å²) in [5, 5.41) is 9.29. The summed E-state index contributed by atoms with van der Waals surface area (Å²) in [4.78, 5) is 0. The minimum absolute atomic E-state index is 0.433. The second-order valence-electron chi connectivity index (χ2n) is 3.04. The van der Waals surface area contributed by atoms with Gasteiger partial charge in [0.2, 0.25) is 0 Å². The number of hydrogen-bond acceptors (Lipinski definition) is 3. The minimum Gasteiger partial charge on any atom is -0.398 e. The van der Waals surface area contributed by atoms with Crippen molar-refractivity contribution < 1.29 is 5.11 Å². The van der Waals surface area contributed by atoms with Gasteiger partial charge in [0.1, 0.15) is 0 Å². The maximum atomic E-state index is 9.29. The molecule has 0 saturated heterocycles. The lowest BCUT2D eigenvalue weighted by molar-refractivity contribution is 0.164. The van der Waals surface area contributed by atoms with Gasteiger partial charge in [0, 0.05) is 10.2 Å². The summed E-state index contributed by atoms with van der Waals surface area (Å²) >= 11 is 3.32. The molecule has 0 aliphatic rings. The van der Waals surface area contributed by atoms with Crippen molar-refractivity contribution in [2.24, 2.45) is 5.73 Å². The molecule has 1 aromatic carbocycles. The number of nitrogens with two attached hydrogens (primary N) is 2. The average Bonchev–Trinajstić information content (AvgIpc) is 2.08. The van der Waals surface area contributed by atoms with Crippen molar-refractivity contribution in [1.82, 2.24) is 0 Å². The molecule has 5 N–H and O–H groups in total. The number of anilines is 1. The minimum atomic E-state index is -0.600. The van der Waals surface area contributed by atoms with Crippen LogP contribution in [-0.4, -0.2) is 11.2 Å². The summed E-state index contributed by atoms with van der Waals surface area (Å²) in [5.74, 6) is 0. The fraction of sp³-hybridized carbons (Fsp3) is 0.333. The SMILES string of the molecule is C[C@H](O)[C@@H](N)c1cc(Br)ccc1N. The number of halogens is 1. The predicted molar refractivity (Wildman–Crippen MR) is 57.2 cm³/mol. The highest BCUT2D eigenvalue weighted by atomic mass is 79.9. The van der Waals surface area contributed by atoms with Crippen LogP contribution in [0.4, 0.5) is 5.69 Å². The van der Waals surface area contributed by atoms with Crippen LogP contribution < -0.4 is 11.5 Å². The van der Waals surface area contributed by atoms with Crippen LogP contribution in [0.2, 0.25) is 0 Å². The standard InChI is InChI=1S/C9H13BrN2O/c1-5(13)9(12)7-4-6(10)2-3-8(7)11/h2-5,9,13H,11-12H2,1H3/t5-,9+/m0/s1. The first-order valence-electron chi connectivity index (χ1n) is 4.01. The predicted octanol–water partition coefficient (Wildman–Crippen LogP) is 1.41. The van der Waals surface area contributed by atoms with Gasteiger partial charge in [-0.3, -0.25) is 0 Å². The van der Waals surface area contributed by atoms with Crippen LogP contribution in [0.1, 0.15) is 18.5 Å². The molecule has 4 heteroatoms. The highest BCUT2D eigenvalue weighted by molar-refractivity contribution is 9.10. The Hall–Kier alpha value is -0.580. The highest BCUT2D eigenvalue weighted by Gasteiger charge is 2.14. The smallest absolute Gasteiger partial charge is 0.0705 e. The molecule has 72 valence electrons. The summed E-state index contributed by atoms with van der Waals surface area (Å²) in [6.07, 6.45) is -0.600. The third kappa shape index (κ3) is 2.43. The lowest BCUT2D eigenvalue weighted by Gasteiger charge is -2.17. The Labute approximate surface area is 85.9 Å². The Bertz CT molecular complexity index is 302. The molecule has 13 heavy (non-hydrogen) atoms. The van der Waals surface area contributed by atoms with Gasteiger partial charge in [0.15, 0.2) is 0 Å². The topological polar surface area (TPSA) is 72.3 Å². The van der Waals surface area contributed by atoms with Gasteiger partial charge in [-0.25, -0.2) is 0 Å². The van der Waals surface area contributed by atoms with Crippen molar-refractivity contribution in [3.05, 3.63) is 28.2 Å². The van der Waals surface area contributed by atoms with Crippen LogP contribution >= 0.6 is 15.9 Å². The van der Waals surface area contributed by atoms with Crippen molar-refractivity contribution in [2.75, 3.05) is 5.73 Å². The van der Waals surface area contributed by atoms with E-state index in [9.17, 15) is 5.11 Å². The molecule has 0 fully saturated rings. The Morgan fingerprint density at radius 3 is 2.62 bits per heavy atom. The Kier molecular flexibility index (Phi) is 3.30. The first-order chi connectivity index (χ1) is 6.02. The van der Waals surface area contributed by atoms with E-state index >= 15 is 0 Å². The van der Waals surface area contributed by atoms with E-state index in [0.717, 1.165) is 10.0 Å². The number of aliphatic hydroxyl groups excluding tert-OH is 1. The van der Waals surface area contributed by atoms with Crippen molar-refractivity contribution >= 4 is 21.6 Å². The van der Waals surface area contributed by atoms with E-state index in [1.54, 1.807) is 13.0 Å². The first-order valence-corrected chi connectivity index (χ1v) is 4.80. The molecule has 0 radical (unpaired) electrons. The maximum absolute atomic E-state index is 9.29. The molecule has 0 amide bonds. The molecule has 1 aromatic rings. The molecule has 0 spiro atoms. The molecule has 3 nitrogen and oxygen atoms in total. The van der Waals surface area contributed by atoms with Gasteiger partial charge in [-0.2, -0.15) is 0 Å². The number of benzene rings is 1. The van der Waals surface area contributed by atoms with Crippen LogP contribution in [0.15, 0.2) is 22.7 Å². The van der Waals surface area contributed by atoms with Crippen LogP contribution in [0.3, 0.4) is 0 Å². The second-order valence-corrected chi connectivity index (χ2v) is 3.96. The van der Waals surface area contributed by atoms with Gasteiger partial charge >= 0.3 is 0 Å². The Morgan fingerprint density at radius 1 is 1.46 bits per heavy atom. The third-order valence-corrected chi connectivity index (χ3v) is 2.42. The van der Waals surface area contributed by atoms with E-state index < -0.39 is 12.1 Å². The molecule has 0 aromatic heterocycles. The Balaban J connectivity index is 3.05. The lowest BCUT2D eigenvalue weighted by atomic mass is 10.0. The van der Waals surface area contributed by atoms with Gasteiger partial charge in [-0.1, -0.05) is 15.9 Å². The van der Waals surface area contributed by atoms with E-state index in [4.69, 9.17) is 11.5 Å². The quantitative estimate of drug-likeness (QED) is 0.690. The van der Waals surface area contributed by atoms with Crippen LogP contribution in [0.25, 0.3) is 0 Å². The summed E-state index contributed by atoms with van der Waals surface area (Å²) in [5.41, 5.74) is 12.8. The van der Waals surface area contributed by atoms with Crippen LogP contribution in [-0.2, 0) is 0 Å². The normalized spacial score (nSPS) is 15.4. The summed E-state index contributed by atoms with van der Waals surface area (Å²) in [6, 6.07) is 5.00. The van der Waals surface area contributed by atoms with Crippen LogP contribution in [0, 0.1) is 0 Å². The molecule has 0 unspecified atom stereocenters. The fourth-order valence-electron chi connectivity index (χ4n) is 1.09. The van der Waals surface area contributed by atoms with Gasteiger partial charge in [0.25, 0.3) is 0 Å². The van der Waals surface area contributed by atoms with Crippen molar-refractivity contribution in [1.29, 1.82) is 0 Å². The molecule has 0 heterocycles. The largest absolute Gasteiger partial charge is 0.398 e. The molecular weight excluding hydrogens is 232 g/mol. The second kappa shape index (κ2) is 4.09. The van der Waals surface area contributed by atoms with Crippen molar-refractivity contribution in [3.63, 3.8) is 0 Å². The summed E-state index contributed by atoms with van der Waals surface area (Å²) < 4.78 is 0.910. The molecule has 0 bridgehead atoms. The first kappa shape index (κ1) is 10.5. The van der Waals surface area contributed by atoms with Gasteiger partial charge < -0.3 is 16.6 Å². The number of rotatable bonds is 2. The van der Waals surface area contributed by atoms with E-state index in [1.807, 2.05) is 12.1 Å². The van der Waals surface area contributed by atoms with Crippen molar-refractivity contribution in [3.8, 4) is 0 Å². The van der Waals surface area contributed by atoms with Crippen molar-refractivity contribution in [2.45, 2.75) is 19.1 Å². The summed E-state index contributed by atoms with van der Waals surface area (Å²) in [6.45, 7) is 1.64. The lowest BCUT2D eigenvalue weighted by Crippen LogP contribution is -2.24. The number of nitrogen functional groups attached to an aromatic ring is 1. The third-order valence-electron chi connectivity index (χ3n) is 1.93. The number of aliphatic hydroxyl groups is 1. The van der Waals surface area contributed by atoms with E-state index in [0.29, 0.717) is 5.69 Å². The molecule has 0 aliphatic carbocycles. The van der Waals surface area contributed by atoms with Gasteiger partial charge in [0.05, 0.1) is 12.1 Å². The monoisotopic (exact) mass is 244 g/mol. The molecule has 2 atom stereocenters. The Morgan fingerprint density at radius 2 is 2.08 bits per heavy atom. The van der Waals surface area contributed by atoms with Gasteiger partial charge in [-0.15, -0.1) is 0 Å². The average molecular weight is 245 g/mol. The fourth-order valence-corrected chi connectivity index (χ4v) is 1.47. The van der Waals surface area contributed by atoms with Gasteiger partial charge in [-0.05, 0) is 30.7 Å².